The van der Waals surface area contributed by atoms with Crippen molar-refractivity contribution >= 4 is 35.1 Å². The van der Waals surface area contributed by atoms with Crippen molar-refractivity contribution in [3.05, 3.63) is 87.6 Å². The monoisotopic (exact) mass is 356 g/mol. The summed E-state index contributed by atoms with van der Waals surface area (Å²) in [5.74, 6) is 1.10. The molecule has 3 rings (SSSR count). The SMILES string of the molecule is Cc1ccc(C(=O)C=Cc2ccc(-c3cccc(Cl)c3Cl)o2)cc1. The first-order valence-corrected chi connectivity index (χ1v) is 8.13. The van der Waals surface area contributed by atoms with Gasteiger partial charge in [-0.05, 0) is 43.3 Å². The second-order valence-electron chi connectivity index (χ2n) is 5.37. The van der Waals surface area contributed by atoms with Crippen molar-refractivity contribution < 1.29 is 9.21 Å². The molecule has 0 atom stereocenters. The smallest absolute Gasteiger partial charge is 0.185 e. The molecule has 120 valence electrons. The highest BCUT2D eigenvalue weighted by Crippen LogP contribution is 2.34. The molecule has 0 spiro atoms. The molecule has 0 aliphatic carbocycles. The van der Waals surface area contributed by atoms with Crippen LogP contribution in [0.25, 0.3) is 17.4 Å². The summed E-state index contributed by atoms with van der Waals surface area (Å²) >= 11 is 12.2. The fourth-order valence-corrected chi connectivity index (χ4v) is 2.65. The van der Waals surface area contributed by atoms with Crippen molar-refractivity contribution in [3.63, 3.8) is 0 Å². The largest absolute Gasteiger partial charge is 0.457 e. The van der Waals surface area contributed by atoms with Gasteiger partial charge in [0.25, 0.3) is 0 Å². The molecule has 1 heterocycles. The molecule has 0 fully saturated rings. The van der Waals surface area contributed by atoms with Crippen molar-refractivity contribution in [1.29, 1.82) is 0 Å². The lowest BCUT2D eigenvalue weighted by molar-refractivity contribution is 0.104. The van der Waals surface area contributed by atoms with Gasteiger partial charge in [-0.25, -0.2) is 0 Å². The standard InChI is InChI=1S/C20H14Cl2O2/c1-13-5-7-14(8-6-13)18(23)11-9-15-10-12-19(24-15)16-3-2-4-17(21)20(16)22/h2-12H,1H3. The third kappa shape index (κ3) is 3.61. The summed E-state index contributed by atoms with van der Waals surface area (Å²) in [5, 5.41) is 0.914. The number of aryl methyl sites for hydroxylation is 1. The Morgan fingerprint density at radius 3 is 2.50 bits per heavy atom. The van der Waals surface area contributed by atoms with Crippen molar-refractivity contribution in [3.8, 4) is 11.3 Å². The van der Waals surface area contributed by atoms with E-state index in [1.165, 1.54) is 6.08 Å². The van der Waals surface area contributed by atoms with Gasteiger partial charge in [-0.15, -0.1) is 0 Å². The lowest BCUT2D eigenvalue weighted by Gasteiger charge is -2.01. The molecule has 0 radical (unpaired) electrons. The van der Waals surface area contributed by atoms with Gasteiger partial charge in [0.15, 0.2) is 5.78 Å². The molecule has 0 unspecified atom stereocenters. The number of rotatable bonds is 4. The number of furan rings is 1. The second-order valence-corrected chi connectivity index (χ2v) is 6.15. The van der Waals surface area contributed by atoms with Crippen LogP contribution in [0.3, 0.4) is 0 Å². The van der Waals surface area contributed by atoms with Gasteiger partial charge in [0.2, 0.25) is 0 Å². The highest BCUT2D eigenvalue weighted by molar-refractivity contribution is 6.43. The lowest BCUT2D eigenvalue weighted by Crippen LogP contribution is -1.93. The third-order valence-electron chi connectivity index (χ3n) is 3.58. The number of carbonyl (C=O) groups is 1. The molecular formula is C20H14Cl2O2. The van der Waals surface area contributed by atoms with E-state index in [2.05, 4.69) is 0 Å². The summed E-state index contributed by atoms with van der Waals surface area (Å²) in [6.07, 6.45) is 3.14. The molecule has 0 N–H and O–H groups in total. The van der Waals surface area contributed by atoms with Gasteiger partial charge in [0, 0.05) is 11.1 Å². The van der Waals surface area contributed by atoms with E-state index < -0.39 is 0 Å². The molecule has 24 heavy (non-hydrogen) atoms. The van der Waals surface area contributed by atoms with Gasteiger partial charge in [-0.1, -0.05) is 59.1 Å². The van der Waals surface area contributed by atoms with E-state index in [9.17, 15) is 4.79 Å². The molecule has 0 bridgehead atoms. The summed E-state index contributed by atoms with van der Waals surface area (Å²) in [5.41, 5.74) is 2.47. The Kier molecular flexibility index (Phi) is 4.89. The van der Waals surface area contributed by atoms with Crippen LogP contribution in [0.5, 0.6) is 0 Å². The first kappa shape index (κ1) is 16.6. The topological polar surface area (TPSA) is 30.2 Å². The van der Waals surface area contributed by atoms with E-state index >= 15 is 0 Å². The van der Waals surface area contributed by atoms with Gasteiger partial charge >= 0.3 is 0 Å². The molecule has 0 aliphatic heterocycles. The Hall–Kier alpha value is -2.29. The van der Waals surface area contributed by atoms with Crippen LogP contribution in [-0.4, -0.2) is 5.78 Å². The number of hydrogen-bond acceptors (Lipinski definition) is 2. The zero-order valence-corrected chi connectivity index (χ0v) is 14.4. The van der Waals surface area contributed by atoms with Gasteiger partial charge < -0.3 is 4.42 Å². The summed E-state index contributed by atoms with van der Waals surface area (Å²) in [7, 11) is 0. The van der Waals surface area contributed by atoms with Crippen LogP contribution in [0.4, 0.5) is 0 Å². The van der Waals surface area contributed by atoms with E-state index in [1.54, 1.807) is 36.4 Å². The van der Waals surface area contributed by atoms with Crippen LogP contribution in [-0.2, 0) is 0 Å². The maximum atomic E-state index is 12.1. The maximum Gasteiger partial charge on any atom is 0.185 e. The van der Waals surface area contributed by atoms with E-state index in [4.69, 9.17) is 27.6 Å². The van der Waals surface area contributed by atoms with Crippen molar-refractivity contribution in [2.75, 3.05) is 0 Å². The number of hydrogen-bond donors (Lipinski definition) is 0. The Bertz CT molecular complexity index is 906. The molecule has 2 aromatic carbocycles. The molecule has 0 amide bonds. The van der Waals surface area contributed by atoms with Crippen molar-refractivity contribution in [1.82, 2.24) is 0 Å². The fourth-order valence-electron chi connectivity index (χ4n) is 2.25. The van der Waals surface area contributed by atoms with Gasteiger partial charge in [-0.3, -0.25) is 4.79 Å². The summed E-state index contributed by atoms with van der Waals surface area (Å²) in [6, 6.07) is 16.4. The maximum absolute atomic E-state index is 12.1. The van der Waals surface area contributed by atoms with E-state index in [0.717, 1.165) is 5.56 Å². The minimum Gasteiger partial charge on any atom is -0.457 e. The number of carbonyl (C=O) groups excluding carboxylic acids is 1. The molecule has 0 saturated carbocycles. The Labute approximate surface area is 150 Å². The quantitative estimate of drug-likeness (QED) is 0.396. The normalized spacial score (nSPS) is 11.1. The van der Waals surface area contributed by atoms with Crippen LogP contribution in [0.15, 0.2) is 65.1 Å². The minimum absolute atomic E-state index is 0.0752. The molecule has 2 nitrogen and oxygen atoms in total. The highest BCUT2D eigenvalue weighted by Gasteiger charge is 2.10. The second kappa shape index (κ2) is 7.08. The van der Waals surface area contributed by atoms with Crippen LogP contribution < -0.4 is 0 Å². The van der Waals surface area contributed by atoms with Crippen LogP contribution >= 0.6 is 23.2 Å². The number of halogens is 2. The molecule has 1 aromatic heterocycles. The first-order valence-electron chi connectivity index (χ1n) is 7.38. The predicted octanol–water partition coefficient (Wildman–Crippen LogP) is 6.46. The van der Waals surface area contributed by atoms with Crippen molar-refractivity contribution in [2.24, 2.45) is 0 Å². The van der Waals surface area contributed by atoms with E-state index in [1.807, 2.05) is 31.2 Å². The van der Waals surface area contributed by atoms with E-state index in [-0.39, 0.29) is 5.78 Å². The van der Waals surface area contributed by atoms with Crippen LogP contribution in [0, 0.1) is 6.92 Å². The third-order valence-corrected chi connectivity index (χ3v) is 4.40. The van der Waals surface area contributed by atoms with E-state index in [0.29, 0.717) is 32.7 Å². The summed E-state index contributed by atoms with van der Waals surface area (Å²) < 4.78 is 5.73. The first-order chi connectivity index (χ1) is 11.5. The summed E-state index contributed by atoms with van der Waals surface area (Å²) in [4.78, 5) is 12.1. The van der Waals surface area contributed by atoms with Crippen LogP contribution in [0.1, 0.15) is 21.7 Å². The fraction of sp³-hybridized carbons (Fsp3) is 0.0500. The number of allylic oxidation sites excluding steroid dienone is 1. The average Bonchev–Trinajstić information content (AvgIpc) is 3.04. The Morgan fingerprint density at radius 1 is 1.00 bits per heavy atom. The number of ketones is 1. The zero-order valence-electron chi connectivity index (χ0n) is 12.9. The predicted molar refractivity (Wildman–Crippen MR) is 98.7 cm³/mol. The van der Waals surface area contributed by atoms with Gasteiger partial charge in [0.1, 0.15) is 11.5 Å². The zero-order chi connectivity index (χ0) is 17.1. The Morgan fingerprint density at radius 2 is 1.75 bits per heavy atom. The molecular weight excluding hydrogens is 343 g/mol. The minimum atomic E-state index is -0.0752. The van der Waals surface area contributed by atoms with Crippen LogP contribution in [0.2, 0.25) is 10.0 Å². The molecule has 4 heteroatoms. The lowest BCUT2D eigenvalue weighted by atomic mass is 10.1. The highest BCUT2D eigenvalue weighted by atomic mass is 35.5. The van der Waals surface area contributed by atoms with Crippen molar-refractivity contribution in [2.45, 2.75) is 6.92 Å². The average molecular weight is 357 g/mol. The summed E-state index contributed by atoms with van der Waals surface area (Å²) in [6.45, 7) is 1.98. The molecule has 0 aliphatic rings. The Balaban J connectivity index is 1.80. The van der Waals surface area contributed by atoms with Gasteiger partial charge in [-0.2, -0.15) is 0 Å². The number of benzene rings is 2. The van der Waals surface area contributed by atoms with Gasteiger partial charge in [0.05, 0.1) is 10.0 Å². The molecule has 3 aromatic rings. The molecule has 0 saturated heterocycles.